The number of nitrogens with one attached hydrogen (secondary N) is 3. The molecule has 3 N–H and O–H groups in total. The Bertz CT molecular complexity index is 877. The van der Waals surface area contributed by atoms with E-state index < -0.39 is 0 Å². The average molecular weight is 406 g/mol. The van der Waals surface area contributed by atoms with E-state index >= 15 is 0 Å². The number of allylic oxidation sites excluding steroid dienone is 1. The first-order valence-electron chi connectivity index (χ1n) is 10.8. The number of carbonyl (C=O) groups is 2. The molecule has 0 heterocycles. The summed E-state index contributed by atoms with van der Waals surface area (Å²) in [5, 5.41) is 9.06. The standard InChI is InChI=1S/C25H31N3O2/c1-19(21-11-6-3-7-12-21)27-25(30)22-13-8-14-23(17-22)28-24(29)18-26-16-15-20-9-4-2-5-10-20/h3,6-9,11-14,17,19,26H,2,4-5,10,15-16,18H2,1H3,(H,27,30)(H,28,29). The largest absolute Gasteiger partial charge is 0.346 e. The van der Waals surface area contributed by atoms with E-state index in [1.807, 2.05) is 37.3 Å². The zero-order valence-corrected chi connectivity index (χ0v) is 17.6. The van der Waals surface area contributed by atoms with Gasteiger partial charge < -0.3 is 16.0 Å². The minimum absolute atomic E-state index is 0.0968. The first-order valence-corrected chi connectivity index (χ1v) is 10.8. The molecule has 0 fully saturated rings. The van der Waals surface area contributed by atoms with Gasteiger partial charge in [-0.15, -0.1) is 0 Å². The Morgan fingerprint density at radius 1 is 1.03 bits per heavy atom. The number of hydrogen-bond acceptors (Lipinski definition) is 3. The normalized spacial score (nSPS) is 14.5. The van der Waals surface area contributed by atoms with Crippen LogP contribution in [-0.4, -0.2) is 24.9 Å². The van der Waals surface area contributed by atoms with Crippen LogP contribution in [0.4, 0.5) is 5.69 Å². The van der Waals surface area contributed by atoms with E-state index in [0.29, 0.717) is 11.3 Å². The molecule has 1 atom stereocenters. The van der Waals surface area contributed by atoms with Crippen LogP contribution in [0.25, 0.3) is 0 Å². The third-order valence-corrected chi connectivity index (χ3v) is 5.35. The van der Waals surface area contributed by atoms with Crippen LogP contribution in [0.15, 0.2) is 66.2 Å². The molecule has 2 aromatic carbocycles. The van der Waals surface area contributed by atoms with E-state index in [0.717, 1.165) is 18.5 Å². The summed E-state index contributed by atoms with van der Waals surface area (Å²) in [5.74, 6) is -0.274. The Morgan fingerprint density at radius 2 is 1.87 bits per heavy atom. The van der Waals surface area contributed by atoms with Gasteiger partial charge in [-0.2, -0.15) is 0 Å². The van der Waals surface area contributed by atoms with E-state index in [1.54, 1.807) is 24.3 Å². The summed E-state index contributed by atoms with van der Waals surface area (Å²) in [6.45, 7) is 3.02. The van der Waals surface area contributed by atoms with Crippen LogP contribution in [0.5, 0.6) is 0 Å². The van der Waals surface area contributed by atoms with Gasteiger partial charge in [0.05, 0.1) is 12.6 Å². The molecule has 2 aromatic rings. The molecule has 0 aliphatic heterocycles. The molecule has 5 nitrogen and oxygen atoms in total. The molecule has 0 saturated carbocycles. The quantitative estimate of drug-likeness (QED) is 0.422. The van der Waals surface area contributed by atoms with Crippen LogP contribution in [0.2, 0.25) is 0 Å². The fourth-order valence-corrected chi connectivity index (χ4v) is 3.63. The number of benzene rings is 2. The molecule has 5 heteroatoms. The summed E-state index contributed by atoms with van der Waals surface area (Å²) in [7, 11) is 0. The highest BCUT2D eigenvalue weighted by atomic mass is 16.2. The van der Waals surface area contributed by atoms with Gasteiger partial charge in [0.1, 0.15) is 0 Å². The molecule has 158 valence electrons. The second-order valence-electron chi connectivity index (χ2n) is 7.77. The van der Waals surface area contributed by atoms with Crippen molar-refractivity contribution < 1.29 is 9.59 Å². The first-order chi connectivity index (χ1) is 14.6. The van der Waals surface area contributed by atoms with Gasteiger partial charge in [-0.25, -0.2) is 0 Å². The maximum absolute atomic E-state index is 12.6. The van der Waals surface area contributed by atoms with Crippen LogP contribution in [-0.2, 0) is 4.79 Å². The number of anilines is 1. The lowest BCUT2D eigenvalue weighted by atomic mass is 9.97. The summed E-state index contributed by atoms with van der Waals surface area (Å²) < 4.78 is 0. The van der Waals surface area contributed by atoms with Gasteiger partial charge >= 0.3 is 0 Å². The molecule has 2 amide bonds. The molecule has 3 rings (SSSR count). The van der Waals surface area contributed by atoms with Crippen molar-refractivity contribution in [3.8, 4) is 0 Å². The van der Waals surface area contributed by atoms with Crippen molar-refractivity contribution >= 4 is 17.5 Å². The van der Waals surface area contributed by atoms with Crippen molar-refractivity contribution in [3.63, 3.8) is 0 Å². The van der Waals surface area contributed by atoms with Gasteiger partial charge in [0.2, 0.25) is 5.91 Å². The molecule has 1 unspecified atom stereocenters. The summed E-state index contributed by atoms with van der Waals surface area (Å²) in [4.78, 5) is 24.8. The van der Waals surface area contributed by atoms with Gasteiger partial charge in [-0.05, 0) is 69.3 Å². The van der Waals surface area contributed by atoms with Crippen molar-refractivity contribution in [1.82, 2.24) is 10.6 Å². The second kappa shape index (κ2) is 11.3. The van der Waals surface area contributed by atoms with E-state index in [9.17, 15) is 9.59 Å². The lowest BCUT2D eigenvalue weighted by Crippen LogP contribution is -2.29. The van der Waals surface area contributed by atoms with Crippen LogP contribution in [0.1, 0.15) is 61.0 Å². The van der Waals surface area contributed by atoms with Crippen LogP contribution in [0, 0.1) is 0 Å². The van der Waals surface area contributed by atoms with Gasteiger partial charge in [0, 0.05) is 11.3 Å². The molecule has 0 saturated heterocycles. The maximum atomic E-state index is 12.6. The van der Waals surface area contributed by atoms with Crippen LogP contribution >= 0.6 is 0 Å². The van der Waals surface area contributed by atoms with E-state index in [2.05, 4.69) is 22.0 Å². The van der Waals surface area contributed by atoms with Crippen molar-refractivity contribution in [2.45, 2.75) is 45.1 Å². The predicted octanol–water partition coefficient (Wildman–Crippen LogP) is 4.60. The van der Waals surface area contributed by atoms with Crippen molar-refractivity contribution in [1.29, 1.82) is 0 Å². The highest BCUT2D eigenvalue weighted by molar-refractivity contribution is 5.97. The van der Waals surface area contributed by atoms with Gasteiger partial charge in [-0.3, -0.25) is 9.59 Å². The summed E-state index contributed by atoms with van der Waals surface area (Å²) >= 11 is 0. The fraction of sp³-hybridized carbons (Fsp3) is 0.360. The number of hydrogen-bond donors (Lipinski definition) is 3. The monoisotopic (exact) mass is 405 g/mol. The molecular weight excluding hydrogens is 374 g/mol. The topological polar surface area (TPSA) is 70.2 Å². The molecule has 1 aliphatic carbocycles. The molecule has 0 bridgehead atoms. The molecule has 0 radical (unpaired) electrons. The van der Waals surface area contributed by atoms with Crippen LogP contribution < -0.4 is 16.0 Å². The lowest BCUT2D eigenvalue weighted by Gasteiger charge is -2.15. The minimum atomic E-state index is -0.165. The van der Waals surface area contributed by atoms with Crippen molar-refractivity contribution in [2.75, 3.05) is 18.4 Å². The molecular formula is C25H31N3O2. The van der Waals surface area contributed by atoms with Crippen molar-refractivity contribution in [2.24, 2.45) is 0 Å². The fourth-order valence-electron chi connectivity index (χ4n) is 3.63. The molecule has 1 aliphatic rings. The van der Waals surface area contributed by atoms with Crippen molar-refractivity contribution in [3.05, 3.63) is 77.4 Å². The molecule has 30 heavy (non-hydrogen) atoms. The first kappa shape index (κ1) is 21.8. The maximum Gasteiger partial charge on any atom is 0.251 e. The zero-order valence-electron chi connectivity index (χ0n) is 17.6. The highest BCUT2D eigenvalue weighted by Crippen LogP contribution is 2.19. The summed E-state index contributed by atoms with van der Waals surface area (Å²) in [6, 6.07) is 16.8. The number of amides is 2. The average Bonchev–Trinajstić information content (AvgIpc) is 2.78. The lowest BCUT2D eigenvalue weighted by molar-refractivity contribution is -0.115. The number of carbonyl (C=O) groups excluding carboxylic acids is 2. The van der Waals surface area contributed by atoms with E-state index in [-0.39, 0.29) is 24.4 Å². The SMILES string of the molecule is CC(NC(=O)c1cccc(NC(=O)CNCCC2=CCCCC2)c1)c1ccccc1. The Labute approximate surface area is 179 Å². The summed E-state index contributed by atoms with van der Waals surface area (Å²) in [6.07, 6.45) is 8.28. The smallest absolute Gasteiger partial charge is 0.251 e. The third kappa shape index (κ3) is 6.85. The Morgan fingerprint density at radius 3 is 2.63 bits per heavy atom. The summed E-state index contributed by atoms with van der Waals surface area (Å²) in [5.41, 5.74) is 3.69. The molecule has 0 aromatic heterocycles. The van der Waals surface area contributed by atoms with Gasteiger partial charge in [0.25, 0.3) is 5.91 Å². The van der Waals surface area contributed by atoms with Gasteiger partial charge in [0.15, 0.2) is 0 Å². The van der Waals surface area contributed by atoms with Crippen LogP contribution in [0.3, 0.4) is 0 Å². The zero-order chi connectivity index (χ0) is 21.2. The van der Waals surface area contributed by atoms with Gasteiger partial charge in [-0.1, -0.05) is 48.0 Å². The Balaban J connectivity index is 1.45. The predicted molar refractivity (Wildman–Crippen MR) is 121 cm³/mol. The highest BCUT2D eigenvalue weighted by Gasteiger charge is 2.12. The second-order valence-corrected chi connectivity index (χ2v) is 7.77. The van der Waals surface area contributed by atoms with E-state index in [4.69, 9.17) is 0 Å². The Hall–Kier alpha value is -2.92. The van der Waals surface area contributed by atoms with E-state index in [1.165, 1.54) is 31.3 Å². The minimum Gasteiger partial charge on any atom is -0.346 e. The number of rotatable bonds is 9. The Kier molecular flexibility index (Phi) is 8.21. The molecule has 0 spiro atoms. The third-order valence-electron chi connectivity index (χ3n) is 5.35.